The quantitative estimate of drug-likeness (QED) is 0.852. The van der Waals surface area contributed by atoms with Crippen molar-refractivity contribution < 1.29 is 4.79 Å². The van der Waals surface area contributed by atoms with Crippen LogP contribution >= 0.6 is 11.6 Å². The Morgan fingerprint density at radius 3 is 2.89 bits per heavy atom. The van der Waals surface area contributed by atoms with E-state index in [4.69, 9.17) is 11.6 Å². The van der Waals surface area contributed by atoms with Crippen LogP contribution in [0, 0.1) is 6.92 Å². The second-order valence-electron chi connectivity index (χ2n) is 3.91. The lowest BCUT2D eigenvalue weighted by molar-refractivity contribution is 0.0781. The lowest BCUT2D eigenvalue weighted by Crippen LogP contribution is -2.26. The van der Waals surface area contributed by atoms with Crippen molar-refractivity contribution in [2.24, 2.45) is 0 Å². The third-order valence-corrected chi connectivity index (χ3v) is 2.56. The molecule has 1 amide bonds. The first-order valence-corrected chi connectivity index (χ1v) is 5.68. The molecule has 0 aliphatic carbocycles. The van der Waals surface area contributed by atoms with Crippen molar-refractivity contribution >= 4 is 17.5 Å². The van der Waals surface area contributed by atoms with Crippen molar-refractivity contribution in [2.45, 2.75) is 13.5 Å². The van der Waals surface area contributed by atoms with Gasteiger partial charge in [0.2, 0.25) is 0 Å². The van der Waals surface area contributed by atoms with Crippen LogP contribution in [0.3, 0.4) is 0 Å². The molecule has 1 N–H and O–H groups in total. The largest absolute Gasteiger partial charge is 0.334 e. The van der Waals surface area contributed by atoms with Gasteiger partial charge in [-0.25, -0.2) is 9.97 Å². The minimum absolute atomic E-state index is 0.140. The van der Waals surface area contributed by atoms with E-state index in [1.165, 1.54) is 11.2 Å². The number of aromatic amines is 1. The molecule has 0 unspecified atom stereocenters. The summed E-state index contributed by atoms with van der Waals surface area (Å²) in [5, 5.41) is 6.75. The number of H-pyrrole nitrogens is 1. The molecule has 0 fully saturated rings. The molecule has 0 radical (unpaired) electrons. The summed E-state index contributed by atoms with van der Waals surface area (Å²) in [6, 6.07) is 3.25. The fraction of sp³-hybridized carbons (Fsp3) is 0.273. The van der Waals surface area contributed by atoms with E-state index in [1.54, 1.807) is 26.1 Å². The number of carbonyl (C=O) groups is 1. The smallest absolute Gasteiger partial charge is 0.254 e. The Bertz CT molecular complexity index is 534. The van der Waals surface area contributed by atoms with Crippen LogP contribution in [0.5, 0.6) is 0 Å². The molecule has 0 aliphatic rings. The van der Waals surface area contributed by atoms with Gasteiger partial charge in [-0.05, 0) is 19.1 Å². The minimum Gasteiger partial charge on any atom is -0.334 e. The van der Waals surface area contributed by atoms with Gasteiger partial charge >= 0.3 is 0 Å². The highest BCUT2D eigenvalue weighted by atomic mass is 35.5. The molecule has 0 bridgehead atoms. The van der Waals surface area contributed by atoms with Gasteiger partial charge < -0.3 is 4.90 Å². The predicted octanol–water partition coefficient (Wildman–Crippen LogP) is 1.43. The first-order chi connectivity index (χ1) is 8.56. The van der Waals surface area contributed by atoms with Gasteiger partial charge in [-0.1, -0.05) is 11.6 Å². The Hall–Kier alpha value is -1.95. The Kier molecular flexibility index (Phi) is 3.57. The van der Waals surface area contributed by atoms with Crippen LogP contribution in [0.2, 0.25) is 5.15 Å². The van der Waals surface area contributed by atoms with Crippen molar-refractivity contribution in [3.05, 3.63) is 40.7 Å². The van der Waals surface area contributed by atoms with Gasteiger partial charge in [0.05, 0.1) is 6.54 Å². The summed E-state index contributed by atoms with van der Waals surface area (Å²) < 4.78 is 0. The molecule has 6 nitrogen and oxygen atoms in total. The summed E-state index contributed by atoms with van der Waals surface area (Å²) in [6.07, 6.45) is 1.40. The van der Waals surface area contributed by atoms with Crippen molar-refractivity contribution in [1.29, 1.82) is 0 Å². The predicted molar refractivity (Wildman–Crippen MR) is 66.2 cm³/mol. The standard InChI is InChI=1S/C11H12ClN5O/c1-7-3-8(4-9(12)15-7)11(18)17(2)5-10-13-6-14-16-10/h3-4,6H,5H2,1-2H3,(H,13,14,16). The number of halogens is 1. The summed E-state index contributed by atoms with van der Waals surface area (Å²) in [5.41, 5.74) is 1.22. The van der Waals surface area contributed by atoms with Crippen molar-refractivity contribution in [3.8, 4) is 0 Å². The summed E-state index contributed by atoms with van der Waals surface area (Å²) in [6.45, 7) is 2.15. The fourth-order valence-electron chi connectivity index (χ4n) is 1.58. The van der Waals surface area contributed by atoms with Gasteiger partial charge in [0.15, 0.2) is 0 Å². The van der Waals surface area contributed by atoms with Crippen LogP contribution in [0.15, 0.2) is 18.5 Å². The van der Waals surface area contributed by atoms with Crippen molar-refractivity contribution in [1.82, 2.24) is 25.1 Å². The second-order valence-corrected chi connectivity index (χ2v) is 4.30. The Labute approximate surface area is 109 Å². The number of nitrogens with zero attached hydrogens (tertiary/aromatic N) is 4. The van der Waals surface area contributed by atoms with E-state index in [0.717, 1.165) is 0 Å². The minimum atomic E-state index is -0.140. The zero-order valence-corrected chi connectivity index (χ0v) is 10.8. The number of carbonyl (C=O) groups excluding carboxylic acids is 1. The van der Waals surface area contributed by atoms with Gasteiger partial charge in [0.25, 0.3) is 5.91 Å². The molecule has 0 saturated heterocycles. The van der Waals surface area contributed by atoms with Crippen LogP contribution in [0.4, 0.5) is 0 Å². The fourth-order valence-corrected chi connectivity index (χ4v) is 1.83. The number of aryl methyl sites for hydroxylation is 1. The van der Waals surface area contributed by atoms with Gasteiger partial charge in [-0.2, -0.15) is 5.10 Å². The molecule has 7 heteroatoms. The number of aromatic nitrogens is 4. The molecular weight excluding hydrogens is 254 g/mol. The number of hydrogen-bond donors (Lipinski definition) is 1. The normalized spacial score (nSPS) is 10.4. The molecule has 2 aromatic heterocycles. The van der Waals surface area contributed by atoms with E-state index in [1.807, 2.05) is 0 Å². The molecule has 0 atom stereocenters. The maximum Gasteiger partial charge on any atom is 0.254 e. The van der Waals surface area contributed by atoms with E-state index in [-0.39, 0.29) is 5.91 Å². The topological polar surface area (TPSA) is 74.8 Å². The Balaban J connectivity index is 2.15. The second kappa shape index (κ2) is 5.14. The lowest BCUT2D eigenvalue weighted by Gasteiger charge is -2.15. The molecule has 94 valence electrons. The van der Waals surface area contributed by atoms with Crippen molar-refractivity contribution in [2.75, 3.05) is 7.05 Å². The molecule has 0 aromatic carbocycles. The third-order valence-electron chi connectivity index (χ3n) is 2.37. The zero-order chi connectivity index (χ0) is 13.1. The average molecular weight is 266 g/mol. The van der Waals surface area contributed by atoms with E-state index in [2.05, 4.69) is 20.2 Å². The van der Waals surface area contributed by atoms with Crippen LogP contribution in [-0.2, 0) is 6.54 Å². The lowest BCUT2D eigenvalue weighted by atomic mass is 10.2. The van der Waals surface area contributed by atoms with Gasteiger partial charge in [0, 0.05) is 18.3 Å². The number of hydrogen-bond acceptors (Lipinski definition) is 4. The van der Waals surface area contributed by atoms with Crippen molar-refractivity contribution in [3.63, 3.8) is 0 Å². The van der Waals surface area contributed by atoms with Crippen LogP contribution in [0.1, 0.15) is 21.9 Å². The highest BCUT2D eigenvalue weighted by molar-refractivity contribution is 6.29. The highest BCUT2D eigenvalue weighted by Gasteiger charge is 2.14. The summed E-state index contributed by atoms with van der Waals surface area (Å²) in [5.74, 6) is 0.488. The summed E-state index contributed by atoms with van der Waals surface area (Å²) in [4.78, 5) is 21.7. The highest BCUT2D eigenvalue weighted by Crippen LogP contribution is 2.12. The summed E-state index contributed by atoms with van der Waals surface area (Å²) in [7, 11) is 1.69. The number of amides is 1. The molecule has 0 aliphatic heterocycles. The molecule has 0 saturated carbocycles. The number of rotatable bonds is 3. The van der Waals surface area contributed by atoms with Gasteiger partial charge in [0.1, 0.15) is 17.3 Å². The molecule has 2 heterocycles. The molecule has 18 heavy (non-hydrogen) atoms. The molecule has 0 spiro atoms. The van der Waals surface area contributed by atoms with E-state index >= 15 is 0 Å². The molecule has 2 aromatic rings. The monoisotopic (exact) mass is 265 g/mol. The van der Waals surface area contributed by atoms with Crippen LogP contribution in [-0.4, -0.2) is 38.0 Å². The molecular formula is C11H12ClN5O. The zero-order valence-electron chi connectivity index (χ0n) is 10.0. The summed E-state index contributed by atoms with van der Waals surface area (Å²) >= 11 is 5.83. The van der Waals surface area contributed by atoms with Gasteiger partial charge in [-0.3, -0.25) is 9.89 Å². The third kappa shape index (κ3) is 2.84. The van der Waals surface area contributed by atoms with Crippen LogP contribution < -0.4 is 0 Å². The van der Waals surface area contributed by atoms with Gasteiger partial charge in [-0.15, -0.1) is 0 Å². The van der Waals surface area contributed by atoms with Crippen LogP contribution in [0.25, 0.3) is 0 Å². The van der Waals surface area contributed by atoms with E-state index < -0.39 is 0 Å². The van der Waals surface area contributed by atoms with E-state index in [0.29, 0.717) is 28.8 Å². The Morgan fingerprint density at radius 2 is 2.28 bits per heavy atom. The Morgan fingerprint density at radius 1 is 1.50 bits per heavy atom. The molecule has 2 rings (SSSR count). The number of pyridine rings is 1. The van der Waals surface area contributed by atoms with E-state index in [9.17, 15) is 4.79 Å². The first kappa shape index (κ1) is 12.5. The maximum absolute atomic E-state index is 12.2. The first-order valence-electron chi connectivity index (χ1n) is 5.30. The number of nitrogens with one attached hydrogen (secondary N) is 1. The average Bonchev–Trinajstić information content (AvgIpc) is 2.79. The maximum atomic E-state index is 12.2. The SMILES string of the molecule is Cc1cc(C(=O)N(C)Cc2ncn[nH]2)cc(Cl)n1.